The van der Waals surface area contributed by atoms with Gasteiger partial charge < -0.3 is 16.0 Å². The number of nitrogens with one attached hydrogen (secondary N) is 3. The van der Waals surface area contributed by atoms with E-state index in [9.17, 15) is 9.18 Å². The Balaban J connectivity index is 2.37. The number of carbonyl (C=O) groups is 1. The number of pyridine rings is 1. The van der Waals surface area contributed by atoms with E-state index in [1.165, 1.54) is 6.07 Å². The van der Waals surface area contributed by atoms with Gasteiger partial charge in [-0.2, -0.15) is 0 Å². The molecule has 0 saturated heterocycles. The van der Waals surface area contributed by atoms with Gasteiger partial charge in [0.2, 0.25) is 0 Å². The number of aromatic nitrogens is 1. The van der Waals surface area contributed by atoms with Crippen LogP contribution in [0.15, 0.2) is 36.5 Å². The van der Waals surface area contributed by atoms with Crippen molar-refractivity contribution in [2.24, 2.45) is 0 Å². The number of rotatable bonds is 4. The fourth-order valence-corrected chi connectivity index (χ4v) is 1.74. The van der Waals surface area contributed by atoms with Crippen molar-refractivity contribution in [3.8, 4) is 0 Å². The molecule has 0 unspecified atom stereocenters. The van der Waals surface area contributed by atoms with Gasteiger partial charge in [0.05, 0.1) is 23.1 Å². The highest BCUT2D eigenvalue weighted by Gasteiger charge is 2.11. The summed E-state index contributed by atoms with van der Waals surface area (Å²) in [6, 6.07) is 8.43. The lowest BCUT2D eigenvalue weighted by molar-refractivity contribution is 0.0964. The van der Waals surface area contributed by atoms with Gasteiger partial charge in [-0.05, 0) is 12.1 Å². The normalized spacial score (nSPS) is 9.95. The van der Waals surface area contributed by atoms with Crippen LogP contribution in [-0.2, 0) is 0 Å². The summed E-state index contributed by atoms with van der Waals surface area (Å²) >= 11 is 0. The lowest BCUT2D eigenvalue weighted by Crippen LogP contribution is -2.19. The van der Waals surface area contributed by atoms with E-state index < -0.39 is 5.82 Å². The maximum absolute atomic E-state index is 13.8. The van der Waals surface area contributed by atoms with Crippen LogP contribution in [0.5, 0.6) is 0 Å². The van der Waals surface area contributed by atoms with E-state index in [-0.39, 0.29) is 11.6 Å². The summed E-state index contributed by atoms with van der Waals surface area (Å²) in [5, 5.41) is 8.29. The van der Waals surface area contributed by atoms with Gasteiger partial charge in [0, 0.05) is 20.2 Å². The zero-order valence-electron chi connectivity index (χ0n) is 11.2. The van der Waals surface area contributed by atoms with Crippen LogP contribution in [0.1, 0.15) is 10.4 Å². The SMILES string of the molecule is CNC(=O)c1ccccc1Nc1cc(NC)ncc1F. The zero-order chi connectivity index (χ0) is 14.5. The fourth-order valence-electron chi connectivity index (χ4n) is 1.74. The number of halogens is 1. The summed E-state index contributed by atoms with van der Waals surface area (Å²) in [7, 11) is 3.24. The molecule has 0 aliphatic heterocycles. The number of anilines is 3. The molecule has 5 nitrogen and oxygen atoms in total. The quantitative estimate of drug-likeness (QED) is 0.800. The van der Waals surface area contributed by atoms with Gasteiger partial charge in [-0.3, -0.25) is 4.79 Å². The van der Waals surface area contributed by atoms with Crippen LogP contribution in [0.25, 0.3) is 0 Å². The number of hydrogen-bond donors (Lipinski definition) is 3. The average molecular weight is 274 g/mol. The Morgan fingerprint density at radius 3 is 2.65 bits per heavy atom. The molecular weight excluding hydrogens is 259 g/mol. The van der Waals surface area contributed by atoms with Crippen LogP contribution in [-0.4, -0.2) is 25.0 Å². The van der Waals surface area contributed by atoms with Crippen molar-refractivity contribution in [3.63, 3.8) is 0 Å². The van der Waals surface area contributed by atoms with E-state index in [2.05, 4.69) is 20.9 Å². The van der Waals surface area contributed by atoms with Gasteiger partial charge in [0.15, 0.2) is 5.82 Å². The van der Waals surface area contributed by atoms with E-state index in [0.29, 0.717) is 17.1 Å². The van der Waals surface area contributed by atoms with E-state index >= 15 is 0 Å². The Labute approximate surface area is 116 Å². The number of hydrogen-bond acceptors (Lipinski definition) is 4. The van der Waals surface area contributed by atoms with Crippen molar-refractivity contribution in [2.75, 3.05) is 24.7 Å². The Morgan fingerprint density at radius 2 is 1.95 bits per heavy atom. The molecule has 1 aromatic carbocycles. The molecule has 0 spiro atoms. The molecule has 0 fully saturated rings. The average Bonchev–Trinajstić information content (AvgIpc) is 2.49. The third kappa shape index (κ3) is 2.85. The van der Waals surface area contributed by atoms with E-state index in [0.717, 1.165) is 6.20 Å². The molecule has 6 heteroatoms. The second-order valence-corrected chi connectivity index (χ2v) is 4.05. The highest BCUT2D eigenvalue weighted by atomic mass is 19.1. The number of nitrogens with zero attached hydrogens (tertiary/aromatic N) is 1. The minimum Gasteiger partial charge on any atom is -0.373 e. The molecule has 0 atom stereocenters. The molecule has 2 aromatic rings. The van der Waals surface area contributed by atoms with Crippen LogP contribution in [0.2, 0.25) is 0 Å². The van der Waals surface area contributed by atoms with E-state index in [1.807, 2.05) is 0 Å². The second-order valence-electron chi connectivity index (χ2n) is 4.05. The molecule has 20 heavy (non-hydrogen) atoms. The van der Waals surface area contributed by atoms with Crippen LogP contribution in [0.4, 0.5) is 21.6 Å². The van der Waals surface area contributed by atoms with Gasteiger partial charge in [-0.1, -0.05) is 12.1 Å². The topological polar surface area (TPSA) is 66.1 Å². The summed E-state index contributed by atoms with van der Waals surface area (Å²) in [4.78, 5) is 15.6. The molecular formula is C14H15FN4O. The smallest absolute Gasteiger partial charge is 0.253 e. The first-order valence-electron chi connectivity index (χ1n) is 6.07. The van der Waals surface area contributed by atoms with Gasteiger partial charge in [0.1, 0.15) is 5.82 Å². The summed E-state index contributed by atoms with van der Waals surface area (Å²) in [6.45, 7) is 0. The molecule has 1 amide bonds. The van der Waals surface area contributed by atoms with Gasteiger partial charge in [-0.25, -0.2) is 9.37 Å². The van der Waals surface area contributed by atoms with Gasteiger partial charge in [0.25, 0.3) is 5.91 Å². The largest absolute Gasteiger partial charge is 0.373 e. The molecule has 0 aliphatic rings. The molecule has 0 saturated carbocycles. The third-order valence-corrected chi connectivity index (χ3v) is 2.78. The first-order chi connectivity index (χ1) is 9.65. The van der Waals surface area contributed by atoms with Crippen molar-refractivity contribution in [1.29, 1.82) is 0 Å². The Kier molecular flexibility index (Phi) is 4.14. The van der Waals surface area contributed by atoms with Crippen LogP contribution in [0, 0.1) is 5.82 Å². The van der Waals surface area contributed by atoms with Crippen molar-refractivity contribution < 1.29 is 9.18 Å². The van der Waals surface area contributed by atoms with Crippen LogP contribution >= 0.6 is 0 Å². The standard InChI is InChI=1S/C14H15FN4O/c1-16-13-7-12(10(15)8-18-13)19-11-6-4-3-5-9(11)14(20)17-2/h3-8H,1-2H3,(H,17,20)(H2,16,18,19). The van der Waals surface area contributed by atoms with Crippen LogP contribution < -0.4 is 16.0 Å². The first-order valence-corrected chi connectivity index (χ1v) is 6.07. The fraction of sp³-hybridized carbons (Fsp3) is 0.143. The highest BCUT2D eigenvalue weighted by Crippen LogP contribution is 2.24. The molecule has 104 valence electrons. The predicted octanol–water partition coefficient (Wildman–Crippen LogP) is 2.37. The lowest BCUT2D eigenvalue weighted by Gasteiger charge is -2.12. The van der Waals surface area contributed by atoms with Crippen LogP contribution in [0.3, 0.4) is 0 Å². The summed E-state index contributed by atoms with van der Waals surface area (Å²) in [6.07, 6.45) is 1.12. The van der Waals surface area contributed by atoms with Gasteiger partial charge >= 0.3 is 0 Å². The molecule has 3 N–H and O–H groups in total. The summed E-state index contributed by atoms with van der Waals surface area (Å²) < 4.78 is 13.8. The molecule has 1 heterocycles. The van der Waals surface area contributed by atoms with Crippen molar-refractivity contribution in [3.05, 3.63) is 47.9 Å². The zero-order valence-corrected chi connectivity index (χ0v) is 11.2. The molecule has 0 bridgehead atoms. The minimum absolute atomic E-state index is 0.239. The van der Waals surface area contributed by atoms with E-state index in [4.69, 9.17) is 0 Å². The van der Waals surface area contributed by atoms with Crippen molar-refractivity contribution in [2.45, 2.75) is 0 Å². The Bertz CT molecular complexity index is 630. The summed E-state index contributed by atoms with van der Waals surface area (Å²) in [5.41, 5.74) is 1.22. The second kappa shape index (κ2) is 6.01. The molecule has 1 aromatic heterocycles. The summed E-state index contributed by atoms with van der Waals surface area (Å²) in [5.74, 6) is -0.196. The number of amides is 1. The monoisotopic (exact) mass is 274 g/mol. The minimum atomic E-state index is -0.490. The van der Waals surface area contributed by atoms with Crippen molar-refractivity contribution in [1.82, 2.24) is 10.3 Å². The predicted molar refractivity (Wildman–Crippen MR) is 76.9 cm³/mol. The maximum Gasteiger partial charge on any atom is 0.253 e. The number of carbonyl (C=O) groups excluding carboxylic acids is 1. The third-order valence-electron chi connectivity index (χ3n) is 2.78. The maximum atomic E-state index is 13.8. The molecule has 2 rings (SSSR count). The van der Waals surface area contributed by atoms with Gasteiger partial charge in [-0.15, -0.1) is 0 Å². The van der Waals surface area contributed by atoms with Crippen molar-refractivity contribution >= 4 is 23.1 Å². The Hall–Kier alpha value is -2.63. The van der Waals surface area contributed by atoms with E-state index in [1.54, 1.807) is 38.4 Å². The lowest BCUT2D eigenvalue weighted by atomic mass is 10.1. The number of benzene rings is 1. The Morgan fingerprint density at radius 1 is 1.20 bits per heavy atom. The number of para-hydroxylation sites is 1. The first kappa shape index (κ1) is 13.8. The highest BCUT2D eigenvalue weighted by molar-refractivity contribution is 6.00. The molecule has 0 aliphatic carbocycles. The molecule has 0 radical (unpaired) electrons.